The van der Waals surface area contributed by atoms with Gasteiger partial charge in [0.2, 0.25) is 0 Å². The zero-order valence-electron chi connectivity index (χ0n) is 13.1. The standard InChI is InChI=1S/C16H17FN6O/c1-11(6-7-23-10-18-9-20-23)21-16(24)13-8-19-22-15(13)12-4-2-3-5-14(12)17/h2-5,8-11H,6-7H2,1H3,(H,19,22)(H,21,24)/t11-/m0/s1. The van der Waals surface area contributed by atoms with E-state index in [1.54, 1.807) is 29.2 Å². The van der Waals surface area contributed by atoms with E-state index in [2.05, 4.69) is 25.6 Å². The Hall–Kier alpha value is -3.03. The lowest BCUT2D eigenvalue weighted by atomic mass is 10.1. The molecule has 24 heavy (non-hydrogen) atoms. The summed E-state index contributed by atoms with van der Waals surface area (Å²) in [7, 11) is 0. The average molecular weight is 328 g/mol. The van der Waals surface area contributed by atoms with Crippen LogP contribution in [0, 0.1) is 5.82 Å². The van der Waals surface area contributed by atoms with Gasteiger partial charge in [0, 0.05) is 18.2 Å². The van der Waals surface area contributed by atoms with Crippen molar-refractivity contribution in [3.05, 3.63) is 54.5 Å². The summed E-state index contributed by atoms with van der Waals surface area (Å²) in [6.45, 7) is 2.55. The fourth-order valence-electron chi connectivity index (χ4n) is 2.38. The number of hydrogen-bond donors (Lipinski definition) is 2. The molecule has 0 spiro atoms. The van der Waals surface area contributed by atoms with Crippen molar-refractivity contribution in [1.82, 2.24) is 30.3 Å². The molecule has 0 unspecified atom stereocenters. The molecule has 2 aromatic heterocycles. The normalized spacial score (nSPS) is 12.1. The van der Waals surface area contributed by atoms with E-state index in [1.165, 1.54) is 18.6 Å². The van der Waals surface area contributed by atoms with Crippen LogP contribution in [-0.2, 0) is 6.54 Å². The number of aromatic nitrogens is 5. The van der Waals surface area contributed by atoms with E-state index in [-0.39, 0.29) is 11.9 Å². The predicted octanol–water partition coefficient (Wildman–Crippen LogP) is 2.02. The minimum Gasteiger partial charge on any atom is -0.349 e. The largest absolute Gasteiger partial charge is 0.349 e. The Labute approximate surface area is 137 Å². The van der Waals surface area contributed by atoms with Crippen LogP contribution in [0.2, 0.25) is 0 Å². The topological polar surface area (TPSA) is 88.5 Å². The molecule has 1 amide bonds. The highest BCUT2D eigenvalue weighted by Gasteiger charge is 2.19. The molecule has 2 heterocycles. The molecular formula is C16H17FN6O. The zero-order chi connectivity index (χ0) is 16.9. The molecule has 0 bridgehead atoms. The second-order valence-electron chi connectivity index (χ2n) is 5.46. The molecule has 3 aromatic rings. The van der Waals surface area contributed by atoms with Crippen molar-refractivity contribution in [3.63, 3.8) is 0 Å². The van der Waals surface area contributed by atoms with Gasteiger partial charge in [-0.15, -0.1) is 0 Å². The van der Waals surface area contributed by atoms with Gasteiger partial charge in [-0.25, -0.2) is 9.37 Å². The fourth-order valence-corrected chi connectivity index (χ4v) is 2.38. The summed E-state index contributed by atoms with van der Waals surface area (Å²) >= 11 is 0. The Morgan fingerprint density at radius 1 is 1.42 bits per heavy atom. The molecular weight excluding hydrogens is 311 g/mol. The molecule has 0 fully saturated rings. The molecule has 0 saturated heterocycles. The lowest BCUT2D eigenvalue weighted by Gasteiger charge is -2.14. The average Bonchev–Trinajstić information content (AvgIpc) is 3.25. The number of hydrogen-bond acceptors (Lipinski definition) is 4. The minimum atomic E-state index is -0.407. The van der Waals surface area contributed by atoms with Crippen molar-refractivity contribution in [2.45, 2.75) is 25.9 Å². The maximum Gasteiger partial charge on any atom is 0.255 e. The molecule has 0 radical (unpaired) electrons. The van der Waals surface area contributed by atoms with Gasteiger partial charge in [0.05, 0.1) is 17.5 Å². The summed E-state index contributed by atoms with van der Waals surface area (Å²) in [5.41, 5.74) is 0.997. The third-order valence-corrected chi connectivity index (χ3v) is 3.66. The van der Waals surface area contributed by atoms with Gasteiger partial charge in [-0.1, -0.05) is 12.1 Å². The van der Waals surface area contributed by atoms with E-state index in [0.717, 1.165) is 0 Å². The molecule has 0 aliphatic carbocycles. The number of halogens is 1. The van der Waals surface area contributed by atoms with Crippen molar-refractivity contribution >= 4 is 5.91 Å². The second kappa shape index (κ2) is 7.03. The smallest absolute Gasteiger partial charge is 0.255 e. The Balaban J connectivity index is 1.68. The van der Waals surface area contributed by atoms with Crippen LogP contribution in [0.15, 0.2) is 43.1 Å². The first-order valence-electron chi connectivity index (χ1n) is 7.56. The van der Waals surface area contributed by atoms with E-state index < -0.39 is 5.82 Å². The Morgan fingerprint density at radius 3 is 3.00 bits per heavy atom. The van der Waals surface area contributed by atoms with Crippen LogP contribution in [0.25, 0.3) is 11.3 Å². The van der Waals surface area contributed by atoms with Crippen LogP contribution >= 0.6 is 0 Å². The number of aryl methyl sites for hydroxylation is 1. The highest BCUT2D eigenvalue weighted by Crippen LogP contribution is 2.23. The number of carbonyl (C=O) groups excluding carboxylic acids is 1. The highest BCUT2D eigenvalue weighted by atomic mass is 19.1. The SMILES string of the molecule is C[C@@H](CCn1cncn1)NC(=O)c1cn[nH]c1-c1ccccc1F. The molecule has 8 heteroatoms. The monoisotopic (exact) mass is 328 g/mol. The van der Waals surface area contributed by atoms with Crippen molar-refractivity contribution in [3.8, 4) is 11.3 Å². The van der Waals surface area contributed by atoms with Gasteiger partial charge in [0.1, 0.15) is 18.5 Å². The van der Waals surface area contributed by atoms with E-state index >= 15 is 0 Å². The third kappa shape index (κ3) is 3.48. The first-order chi connectivity index (χ1) is 11.6. The number of rotatable bonds is 6. The molecule has 1 aromatic carbocycles. The maximum atomic E-state index is 13.9. The van der Waals surface area contributed by atoms with E-state index in [4.69, 9.17) is 0 Å². The summed E-state index contributed by atoms with van der Waals surface area (Å²) < 4.78 is 15.6. The fraction of sp³-hybridized carbons (Fsp3) is 0.250. The van der Waals surface area contributed by atoms with Gasteiger partial charge in [-0.3, -0.25) is 14.6 Å². The number of H-pyrrole nitrogens is 1. The minimum absolute atomic E-state index is 0.0786. The van der Waals surface area contributed by atoms with Crippen molar-refractivity contribution in [2.24, 2.45) is 0 Å². The number of benzene rings is 1. The van der Waals surface area contributed by atoms with Crippen molar-refractivity contribution in [2.75, 3.05) is 0 Å². The maximum absolute atomic E-state index is 13.9. The molecule has 2 N–H and O–H groups in total. The van der Waals surface area contributed by atoms with Crippen LogP contribution in [-0.4, -0.2) is 36.9 Å². The Kier molecular flexibility index (Phi) is 4.64. The molecule has 0 saturated carbocycles. The Bertz CT molecular complexity index is 814. The van der Waals surface area contributed by atoms with Crippen LogP contribution in [0.5, 0.6) is 0 Å². The number of aromatic amines is 1. The van der Waals surface area contributed by atoms with Gasteiger partial charge in [0.25, 0.3) is 5.91 Å². The Morgan fingerprint density at radius 2 is 2.25 bits per heavy atom. The molecule has 1 atom stereocenters. The highest BCUT2D eigenvalue weighted by molar-refractivity contribution is 5.99. The third-order valence-electron chi connectivity index (χ3n) is 3.66. The van der Waals surface area contributed by atoms with Gasteiger partial charge >= 0.3 is 0 Å². The van der Waals surface area contributed by atoms with Crippen molar-refractivity contribution in [1.29, 1.82) is 0 Å². The summed E-state index contributed by atoms with van der Waals surface area (Å²) in [5.74, 6) is -0.705. The summed E-state index contributed by atoms with van der Waals surface area (Å²) in [4.78, 5) is 16.3. The first kappa shape index (κ1) is 15.9. The molecule has 124 valence electrons. The van der Waals surface area contributed by atoms with Crippen LogP contribution in [0.4, 0.5) is 4.39 Å². The number of carbonyl (C=O) groups is 1. The predicted molar refractivity (Wildman–Crippen MR) is 85.5 cm³/mol. The zero-order valence-corrected chi connectivity index (χ0v) is 13.1. The van der Waals surface area contributed by atoms with Crippen LogP contribution in [0.3, 0.4) is 0 Å². The second-order valence-corrected chi connectivity index (χ2v) is 5.46. The number of amides is 1. The summed E-state index contributed by atoms with van der Waals surface area (Å²) in [6, 6.07) is 6.18. The van der Waals surface area contributed by atoms with Crippen LogP contribution < -0.4 is 5.32 Å². The van der Waals surface area contributed by atoms with E-state index in [1.807, 2.05) is 6.92 Å². The number of nitrogens with one attached hydrogen (secondary N) is 2. The van der Waals surface area contributed by atoms with E-state index in [0.29, 0.717) is 29.8 Å². The van der Waals surface area contributed by atoms with Gasteiger partial charge in [-0.2, -0.15) is 10.2 Å². The lowest BCUT2D eigenvalue weighted by Crippen LogP contribution is -2.33. The molecule has 0 aliphatic rings. The molecule has 3 rings (SSSR count). The molecule has 7 nitrogen and oxygen atoms in total. The molecule has 0 aliphatic heterocycles. The first-order valence-corrected chi connectivity index (χ1v) is 7.56. The van der Waals surface area contributed by atoms with Crippen LogP contribution in [0.1, 0.15) is 23.7 Å². The van der Waals surface area contributed by atoms with Gasteiger partial charge in [-0.05, 0) is 25.5 Å². The van der Waals surface area contributed by atoms with Gasteiger partial charge < -0.3 is 5.32 Å². The number of nitrogens with zero attached hydrogens (tertiary/aromatic N) is 4. The summed E-state index contributed by atoms with van der Waals surface area (Å²) in [5, 5.41) is 13.5. The quantitative estimate of drug-likeness (QED) is 0.724. The van der Waals surface area contributed by atoms with E-state index in [9.17, 15) is 9.18 Å². The lowest BCUT2D eigenvalue weighted by molar-refractivity contribution is 0.0938. The van der Waals surface area contributed by atoms with Gasteiger partial charge in [0.15, 0.2) is 0 Å². The summed E-state index contributed by atoms with van der Waals surface area (Å²) in [6.07, 6.45) is 5.19. The van der Waals surface area contributed by atoms with Crippen molar-refractivity contribution < 1.29 is 9.18 Å².